The number of fused-ring (bicyclic) bond motifs is 2. The highest BCUT2D eigenvalue weighted by atomic mass is 32.2. The molecule has 1 saturated carbocycles. The van der Waals surface area contributed by atoms with Crippen molar-refractivity contribution in [3.63, 3.8) is 0 Å². The fourth-order valence-corrected chi connectivity index (χ4v) is 4.53. The number of aliphatic carboxylic acids is 1. The summed E-state index contributed by atoms with van der Waals surface area (Å²) < 4.78 is 0. The molecule has 4 atom stereocenters. The largest absolute Gasteiger partial charge is 0.481 e. The van der Waals surface area contributed by atoms with Crippen LogP contribution in [0.4, 0.5) is 5.69 Å². The molecule has 0 aromatic heterocycles. The summed E-state index contributed by atoms with van der Waals surface area (Å²) in [4.78, 5) is 25.2. The molecule has 5 nitrogen and oxygen atoms in total. The Bertz CT molecular complexity index is 758. The molecular formula is C18H18N2O3S. The number of hydrogen-bond donors (Lipinski definition) is 2. The number of thiocyanates is 1. The zero-order chi connectivity index (χ0) is 17.4. The average molecular weight is 342 g/mol. The van der Waals surface area contributed by atoms with Crippen molar-refractivity contribution in [2.45, 2.75) is 25.2 Å². The SMILES string of the molecule is Cc1cc(SC#N)cc(C)c1NC(=O)[C@@H]1[C@H](C(=O)O)[C@H]2C=C[C@H]1C2. The minimum atomic E-state index is -0.902. The van der Waals surface area contributed by atoms with Crippen LogP contribution in [0, 0.1) is 48.2 Å². The molecule has 2 N–H and O–H groups in total. The normalized spacial score (nSPS) is 27.0. The van der Waals surface area contributed by atoms with Gasteiger partial charge in [-0.3, -0.25) is 9.59 Å². The molecule has 24 heavy (non-hydrogen) atoms. The second-order valence-electron chi connectivity index (χ2n) is 6.45. The molecule has 6 heteroatoms. The zero-order valence-corrected chi connectivity index (χ0v) is 14.3. The molecule has 1 aromatic rings. The second kappa shape index (κ2) is 6.33. The molecule has 3 rings (SSSR count). The number of anilines is 1. The van der Waals surface area contributed by atoms with E-state index in [-0.39, 0.29) is 17.7 Å². The van der Waals surface area contributed by atoms with E-state index in [4.69, 9.17) is 5.26 Å². The molecule has 1 amide bonds. The quantitative estimate of drug-likeness (QED) is 0.497. The van der Waals surface area contributed by atoms with Crippen molar-refractivity contribution >= 4 is 29.3 Å². The van der Waals surface area contributed by atoms with Gasteiger partial charge in [-0.2, -0.15) is 5.26 Å². The number of thioether (sulfide) groups is 1. The third-order valence-electron chi connectivity index (χ3n) is 4.97. The van der Waals surface area contributed by atoms with Gasteiger partial charge < -0.3 is 10.4 Å². The van der Waals surface area contributed by atoms with Crippen LogP contribution in [0.3, 0.4) is 0 Å². The fourth-order valence-electron chi connectivity index (χ4n) is 3.96. The fraction of sp³-hybridized carbons (Fsp3) is 0.389. The molecule has 0 unspecified atom stereocenters. The second-order valence-corrected chi connectivity index (χ2v) is 7.31. The van der Waals surface area contributed by atoms with Gasteiger partial charge >= 0.3 is 5.97 Å². The van der Waals surface area contributed by atoms with E-state index in [0.717, 1.165) is 34.2 Å². The standard InChI is InChI=1S/C18H18N2O3S/c1-9-5-13(24-8-19)6-10(2)16(9)20-17(21)14-11-3-4-12(7-11)15(14)18(22)23/h3-6,11-12,14-15H,7H2,1-2H3,(H,20,21)(H,22,23)/t11-,12-,14-,15+/m0/s1. The van der Waals surface area contributed by atoms with E-state index >= 15 is 0 Å². The molecule has 124 valence electrons. The highest BCUT2D eigenvalue weighted by Gasteiger charge is 2.51. The van der Waals surface area contributed by atoms with E-state index in [9.17, 15) is 14.7 Å². The number of carboxylic acid groups (broad SMARTS) is 1. The molecule has 0 radical (unpaired) electrons. The number of hydrogen-bond acceptors (Lipinski definition) is 4. The van der Waals surface area contributed by atoms with Crippen LogP contribution in [0.1, 0.15) is 17.5 Å². The van der Waals surface area contributed by atoms with Crippen LogP contribution in [-0.2, 0) is 9.59 Å². The highest BCUT2D eigenvalue weighted by molar-refractivity contribution is 8.03. The minimum absolute atomic E-state index is 0.00475. The number of allylic oxidation sites excluding steroid dienone is 2. The lowest BCUT2D eigenvalue weighted by Crippen LogP contribution is -2.36. The molecule has 2 aliphatic carbocycles. The predicted octanol–water partition coefficient (Wildman–Crippen LogP) is 3.34. The number of nitriles is 1. The number of nitrogens with zero attached hydrogens (tertiary/aromatic N) is 1. The number of nitrogens with one attached hydrogen (secondary N) is 1. The van der Waals surface area contributed by atoms with E-state index in [1.807, 2.05) is 43.5 Å². The lowest BCUT2D eigenvalue weighted by atomic mass is 9.82. The van der Waals surface area contributed by atoms with Gasteiger partial charge in [0.05, 0.1) is 11.8 Å². The summed E-state index contributed by atoms with van der Waals surface area (Å²) in [6, 6.07) is 3.71. The smallest absolute Gasteiger partial charge is 0.307 e. The number of amides is 1. The van der Waals surface area contributed by atoms with Crippen molar-refractivity contribution in [3.8, 4) is 5.40 Å². The van der Waals surface area contributed by atoms with Crippen LogP contribution in [-0.4, -0.2) is 17.0 Å². The van der Waals surface area contributed by atoms with Gasteiger partial charge in [-0.25, -0.2) is 0 Å². The highest BCUT2D eigenvalue weighted by Crippen LogP contribution is 2.48. The van der Waals surface area contributed by atoms with Crippen LogP contribution < -0.4 is 5.32 Å². The van der Waals surface area contributed by atoms with E-state index < -0.39 is 17.8 Å². The van der Waals surface area contributed by atoms with Gasteiger partial charge in [0, 0.05) is 10.6 Å². The summed E-state index contributed by atoms with van der Waals surface area (Å²) in [7, 11) is 0. The third kappa shape index (κ3) is 2.80. The third-order valence-corrected chi connectivity index (χ3v) is 5.53. The summed E-state index contributed by atoms with van der Waals surface area (Å²) in [5.41, 5.74) is 2.44. The summed E-state index contributed by atoms with van der Waals surface area (Å²) in [6.07, 6.45) is 4.64. The Labute approximate surface area is 144 Å². The van der Waals surface area contributed by atoms with Gasteiger partial charge in [0.1, 0.15) is 5.40 Å². The number of carbonyl (C=O) groups is 2. The first kappa shape index (κ1) is 16.6. The van der Waals surface area contributed by atoms with E-state index in [0.29, 0.717) is 5.69 Å². The van der Waals surface area contributed by atoms with Crippen molar-refractivity contribution < 1.29 is 14.7 Å². The Morgan fingerprint density at radius 1 is 1.21 bits per heavy atom. The Balaban J connectivity index is 1.84. The Morgan fingerprint density at radius 3 is 2.33 bits per heavy atom. The number of rotatable bonds is 4. The molecule has 0 heterocycles. The van der Waals surface area contributed by atoms with Crippen molar-refractivity contribution in [2.75, 3.05) is 5.32 Å². The van der Waals surface area contributed by atoms with E-state index in [1.165, 1.54) is 0 Å². The van der Waals surface area contributed by atoms with Crippen molar-refractivity contribution in [1.82, 2.24) is 0 Å². The van der Waals surface area contributed by atoms with Crippen LogP contribution in [0.25, 0.3) is 0 Å². The van der Waals surface area contributed by atoms with Crippen LogP contribution >= 0.6 is 11.8 Å². The van der Waals surface area contributed by atoms with Gasteiger partial charge in [0.2, 0.25) is 5.91 Å². The van der Waals surface area contributed by atoms with Crippen LogP contribution in [0.5, 0.6) is 0 Å². The molecule has 2 bridgehead atoms. The Hall–Kier alpha value is -2.26. The van der Waals surface area contributed by atoms with Crippen molar-refractivity contribution in [3.05, 3.63) is 35.4 Å². The van der Waals surface area contributed by atoms with Crippen LogP contribution in [0.15, 0.2) is 29.2 Å². The zero-order valence-electron chi connectivity index (χ0n) is 13.4. The Kier molecular flexibility index (Phi) is 4.37. The van der Waals surface area contributed by atoms with E-state index in [2.05, 4.69) is 5.32 Å². The molecule has 2 aliphatic rings. The summed E-state index contributed by atoms with van der Waals surface area (Å²) in [5, 5.41) is 23.2. The van der Waals surface area contributed by atoms with Gasteiger partial charge in [-0.1, -0.05) is 12.2 Å². The molecule has 1 aromatic carbocycles. The van der Waals surface area contributed by atoms with Gasteiger partial charge in [0.15, 0.2) is 0 Å². The minimum Gasteiger partial charge on any atom is -0.481 e. The molecular weight excluding hydrogens is 324 g/mol. The first-order chi connectivity index (χ1) is 11.4. The van der Waals surface area contributed by atoms with Crippen molar-refractivity contribution in [2.24, 2.45) is 23.7 Å². The molecule has 1 fully saturated rings. The molecule has 0 spiro atoms. The monoisotopic (exact) mass is 342 g/mol. The number of carboxylic acids is 1. The van der Waals surface area contributed by atoms with Gasteiger partial charge in [-0.15, -0.1) is 0 Å². The summed E-state index contributed by atoms with van der Waals surface area (Å²) in [6.45, 7) is 3.75. The van der Waals surface area contributed by atoms with E-state index in [1.54, 1.807) is 0 Å². The number of benzene rings is 1. The first-order valence-corrected chi connectivity index (χ1v) is 8.63. The molecule has 0 aliphatic heterocycles. The molecule has 0 saturated heterocycles. The summed E-state index contributed by atoms with van der Waals surface area (Å²) >= 11 is 1.08. The predicted molar refractivity (Wildman–Crippen MR) is 91.4 cm³/mol. The lowest BCUT2D eigenvalue weighted by Gasteiger charge is -2.24. The topological polar surface area (TPSA) is 90.2 Å². The van der Waals surface area contributed by atoms with Crippen LogP contribution in [0.2, 0.25) is 0 Å². The maximum Gasteiger partial charge on any atom is 0.307 e. The lowest BCUT2D eigenvalue weighted by molar-refractivity contribution is -0.146. The number of aryl methyl sites for hydroxylation is 2. The average Bonchev–Trinajstić information content (AvgIpc) is 3.11. The summed E-state index contributed by atoms with van der Waals surface area (Å²) in [5.74, 6) is -2.34. The van der Waals surface area contributed by atoms with Gasteiger partial charge in [0.25, 0.3) is 0 Å². The Morgan fingerprint density at radius 2 is 1.79 bits per heavy atom. The maximum absolute atomic E-state index is 12.8. The van der Waals surface area contributed by atoms with Crippen molar-refractivity contribution in [1.29, 1.82) is 5.26 Å². The van der Waals surface area contributed by atoms with Gasteiger partial charge in [-0.05, 0) is 67.1 Å². The maximum atomic E-state index is 12.8. The number of carbonyl (C=O) groups excluding carboxylic acids is 1. The first-order valence-electron chi connectivity index (χ1n) is 7.81.